The van der Waals surface area contributed by atoms with Gasteiger partial charge in [-0.3, -0.25) is 4.79 Å². The number of nitrogen functional groups attached to an aromatic ring is 1. The van der Waals surface area contributed by atoms with Crippen LogP contribution in [0.25, 0.3) is 21.3 Å². The number of nitrogens with two attached hydrogens (primary N) is 1. The molecule has 0 radical (unpaired) electrons. The Labute approximate surface area is 210 Å². The fraction of sp³-hybridized carbons (Fsp3) is 0.160. The summed E-state index contributed by atoms with van der Waals surface area (Å²) in [4.78, 5) is 21.7. The Hall–Kier alpha value is -4.12. The summed E-state index contributed by atoms with van der Waals surface area (Å²) in [5.74, 6) is 0.421. The van der Waals surface area contributed by atoms with Crippen LogP contribution in [-0.4, -0.2) is 28.2 Å². The number of ether oxygens (including phenoxy) is 1. The van der Waals surface area contributed by atoms with Crippen molar-refractivity contribution >= 4 is 50.2 Å². The number of thiazole rings is 1. The summed E-state index contributed by atoms with van der Waals surface area (Å²) in [5.41, 5.74) is 9.32. The van der Waals surface area contributed by atoms with Crippen molar-refractivity contribution in [2.24, 2.45) is 0 Å². The Morgan fingerprint density at radius 3 is 2.51 bits per heavy atom. The van der Waals surface area contributed by atoms with Gasteiger partial charge in [0.1, 0.15) is 34.3 Å². The zero-order valence-electron chi connectivity index (χ0n) is 19.1. The van der Waals surface area contributed by atoms with Crippen LogP contribution < -0.4 is 15.8 Å². The lowest BCUT2D eigenvalue weighted by atomic mass is 9.96. The Morgan fingerprint density at radius 1 is 1.14 bits per heavy atom. The monoisotopic (exact) mass is 500 g/mol. The molecule has 2 aromatic carbocycles. The molecule has 0 fully saturated rings. The number of carbonyl (C=O) groups is 1. The van der Waals surface area contributed by atoms with E-state index in [4.69, 9.17) is 10.5 Å². The van der Waals surface area contributed by atoms with Gasteiger partial charge in [0.2, 0.25) is 5.91 Å². The second kappa shape index (κ2) is 10.0. The van der Waals surface area contributed by atoms with Gasteiger partial charge in [0.15, 0.2) is 5.13 Å². The van der Waals surface area contributed by atoms with E-state index in [0.29, 0.717) is 22.0 Å². The third-order valence-electron chi connectivity index (χ3n) is 5.24. The van der Waals surface area contributed by atoms with E-state index in [1.807, 2.05) is 49.4 Å². The van der Waals surface area contributed by atoms with Crippen LogP contribution in [0.2, 0.25) is 0 Å². The maximum atomic E-state index is 12.9. The van der Waals surface area contributed by atoms with Crippen LogP contribution in [-0.2, 0) is 4.79 Å². The highest BCUT2D eigenvalue weighted by atomic mass is 32.2. The molecule has 174 valence electrons. The first-order valence-electron chi connectivity index (χ1n) is 10.5. The number of pyridine rings is 1. The van der Waals surface area contributed by atoms with E-state index in [9.17, 15) is 15.3 Å². The molecular weight excluding hydrogens is 480 g/mol. The second-order valence-corrected chi connectivity index (χ2v) is 9.98. The molecule has 4 aromatic rings. The quantitative estimate of drug-likeness (QED) is 0.348. The summed E-state index contributed by atoms with van der Waals surface area (Å²) in [6.07, 6.45) is 0. The molecule has 0 saturated heterocycles. The molecule has 1 atom stereocenters. The summed E-state index contributed by atoms with van der Waals surface area (Å²) in [6, 6.07) is 17.2. The molecule has 35 heavy (non-hydrogen) atoms. The largest absolute Gasteiger partial charge is 0.497 e. The number of thioether (sulfide) groups is 1. The van der Waals surface area contributed by atoms with Crippen molar-refractivity contribution in [3.63, 3.8) is 0 Å². The maximum absolute atomic E-state index is 12.9. The minimum Gasteiger partial charge on any atom is -0.497 e. The molecule has 2 heterocycles. The molecule has 1 amide bonds. The van der Waals surface area contributed by atoms with Gasteiger partial charge in [-0.05, 0) is 37.6 Å². The zero-order valence-corrected chi connectivity index (χ0v) is 20.8. The number of fused-ring (bicyclic) bond motifs is 1. The Kier molecular flexibility index (Phi) is 6.87. The SMILES string of the molecule is COc1ccc2nc(NC(=O)C(C)Sc3nc(N)c(C#N)c(-c4ccc(C)cc4)c3C#N)sc2c1. The second-order valence-electron chi connectivity index (χ2n) is 7.62. The van der Waals surface area contributed by atoms with Crippen molar-refractivity contribution in [2.45, 2.75) is 24.1 Å². The number of nitriles is 2. The van der Waals surface area contributed by atoms with E-state index < -0.39 is 5.25 Å². The first-order chi connectivity index (χ1) is 16.8. The van der Waals surface area contributed by atoms with Crippen molar-refractivity contribution in [1.29, 1.82) is 10.5 Å². The van der Waals surface area contributed by atoms with E-state index in [2.05, 4.69) is 27.4 Å². The lowest BCUT2D eigenvalue weighted by Gasteiger charge is -2.15. The van der Waals surface area contributed by atoms with Crippen molar-refractivity contribution < 1.29 is 9.53 Å². The van der Waals surface area contributed by atoms with Crippen molar-refractivity contribution in [3.05, 3.63) is 59.2 Å². The number of anilines is 2. The number of hydrogen-bond donors (Lipinski definition) is 2. The first-order valence-corrected chi connectivity index (χ1v) is 12.2. The maximum Gasteiger partial charge on any atom is 0.239 e. The van der Waals surface area contributed by atoms with Crippen LogP contribution in [0.1, 0.15) is 23.6 Å². The van der Waals surface area contributed by atoms with Crippen molar-refractivity contribution in [1.82, 2.24) is 9.97 Å². The molecule has 2 aromatic heterocycles. The van der Waals surface area contributed by atoms with Gasteiger partial charge >= 0.3 is 0 Å². The predicted octanol–water partition coefficient (Wildman–Crippen LogP) is 5.12. The summed E-state index contributed by atoms with van der Waals surface area (Å²) in [6.45, 7) is 3.66. The molecule has 0 spiro atoms. The molecule has 0 aliphatic carbocycles. The molecule has 3 N–H and O–H groups in total. The van der Waals surface area contributed by atoms with Gasteiger partial charge in [-0.2, -0.15) is 10.5 Å². The van der Waals surface area contributed by atoms with E-state index in [1.165, 1.54) is 11.3 Å². The first kappa shape index (κ1) is 24.0. The topological polar surface area (TPSA) is 138 Å². The molecule has 10 heteroatoms. The lowest BCUT2D eigenvalue weighted by Crippen LogP contribution is -2.22. The third kappa shape index (κ3) is 4.90. The van der Waals surface area contributed by atoms with Gasteiger partial charge in [-0.25, -0.2) is 9.97 Å². The van der Waals surface area contributed by atoms with Gasteiger partial charge < -0.3 is 15.8 Å². The van der Waals surface area contributed by atoms with Crippen LogP contribution in [0.4, 0.5) is 10.9 Å². The summed E-state index contributed by atoms with van der Waals surface area (Å²) in [5, 5.41) is 22.6. The molecule has 1 unspecified atom stereocenters. The number of nitrogens with zero attached hydrogens (tertiary/aromatic N) is 4. The fourth-order valence-corrected chi connectivity index (χ4v) is 5.22. The number of benzene rings is 2. The molecular formula is C25H20N6O2S2. The highest BCUT2D eigenvalue weighted by Crippen LogP contribution is 2.37. The fourth-order valence-electron chi connectivity index (χ4n) is 3.41. The number of aromatic nitrogens is 2. The average molecular weight is 501 g/mol. The number of hydrogen-bond acceptors (Lipinski definition) is 9. The van der Waals surface area contributed by atoms with Crippen molar-refractivity contribution in [2.75, 3.05) is 18.2 Å². The Morgan fingerprint density at radius 2 is 1.86 bits per heavy atom. The number of rotatable bonds is 6. The van der Waals surface area contributed by atoms with E-state index in [1.54, 1.807) is 14.0 Å². The molecule has 0 aliphatic rings. The molecule has 4 rings (SSSR count). The van der Waals surface area contributed by atoms with Crippen LogP contribution >= 0.6 is 23.1 Å². The smallest absolute Gasteiger partial charge is 0.239 e. The Bertz CT molecular complexity index is 1520. The molecule has 8 nitrogen and oxygen atoms in total. The highest BCUT2D eigenvalue weighted by Gasteiger charge is 2.24. The van der Waals surface area contributed by atoms with Crippen LogP contribution in [0, 0.1) is 29.6 Å². The normalized spacial score (nSPS) is 11.5. The van der Waals surface area contributed by atoms with Gasteiger partial charge in [0.05, 0.1) is 28.1 Å². The number of nitrogens with one attached hydrogen (secondary N) is 1. The predicted molar refractivity (Wildman–Crippen MR) is 138 cm³/mol. The molecule has 0 bridgehead atoms. The Balaban J connectivity index is 1.63. The third-order valence-corrected chi connectivity index (χ3v) is 7.26. The lowest BCUT2D eigenvalue weighted by molar-refractivity contribution is -0.115. The zero-order chi connectivity index (χ0) is 25.1. The average Bonchev–Trinajstić information content (AvgIpc) is 3.25. The number of amides is 1. The summed E-state index contributed by atoms with van der Waals surface area (Å²) < 4.78 is 6.12. The van der Waals surface area contributed by atoms with E-state index >= 15 is 0 Å². The van der Waals surface area contributed by atoms with Gasteiger partial charge in [-0.15, -0.1) is 0 Å². The van der Waals surface area contributed by atoms with Crippen LogP contribution in [0.5, 0.6) is 5.75 Å². The molecule has 0 aliphatic heterocycles. The van der Waals surface area contributed by atoms with Crippen LogP contribution in [0.15, 0.2) is 47.5 Å². The summed E-state index contributed by atoms with van der Waals surface area (Å²) in [7, 11) is 1.59. The van der Waals surface area contributed by atoms with Gasteiger partial charge in [-0.1, -0.05) is 52.9 Å². The van der Waals surface area contributed by atoms with E-state index in [0.717, 1.165) is 27.5 Å². The van der Waals surface area contributed by atoms with Gasteiger partial charge in [0.25, 0.3) is 0 Å². The number of methoxy groups -OCH3 is 1. The van der Waals surface area contributed by atoms with Crippen molar-refractivity contribution in [3.8, 4) is 29.0 Å². The summed E-state index contributed by atoms with van der Waals surface area (Å²) >= 11 is 2.44. The van der Waals surface area contributed by atoms with E-state index in [-0.39, 0.29) is 27.9 Å². The van der Waals surface area contributed by atoms with Crippen LogP contribution in [0.3, 0.4) is 0 Å². The minimum absolute atomic E-state index is 0.0114. The standard InChI is InChI=1S/C25H20N6O2S2/c1-13-4-6-15(7-5-13)21-17(11-26)22(28)30-24(18(21)12-27)34-14(2)23(32)31-25-29-19-9-8-16(33-3)10-20(19)35-25/h4-10,14H,1-3H3,(H2,28,30)(H,29,31,32). The number of aryl methyl sites for hydroxylation is 1. The highest BCUT2D eigenvalue weighted by molar-refractivity contribution is 8.00. The minimum atomic E-state index is -0.616. The number of carbonyl (C=O) groups excluding carboxylic acids is 1. The molecule has 0 saturated carbocycles. The van der Waals surface area contributed by atoms with Gasteiger partial charge in [0, 0.05) is 5.56 Å².